The monoisotopic (exact) mass is 278 g/mol. The Hall–Kier alpha value is -1.79. The molecule has 1 unspecified atom stereocenters. The van der Waals surface area contributed by atoms with Crippen molar-refractivity contribution in [2.75, 3.05) is 38.3 Å². The van der Waals surface area contributed by atoms with Crippen LogP contribution in [0, 0.1) is 0 Å². The number of anilines is 1. The summed E-state index contributed by atoms with van der Waals surface area (Å²) in [5.74, 6) is 1.23. The molecule has 3 rings (SSSR count). The summed E-state index contributed by atoms with van der Waals surface area (Å²) in [6.45, 7) is 3.09. The van der Waals surface area contributed by atoms with Crippen LogP contribution in [-0.2, 0) is 9.53 Å². The second-order valence-corrected chi connectivity index (χ2v) is 4.81. The van der Waals surface area contributed by atoms with Crippen LogP contribution in [-0.4, -0.2) is 44.9 Å². The van der Waals surface area contributed by atoms with E-state index in [0.29, 0.717) is 50.0 Å². The van der Waals surface area contributed by atoms with Gasteiger partial charge in [0.15, 0.2) is 11.5 Å². The zero-order chi connectivity index (χ0) is 13.8. The van der Waals surface area contributed by atoms with Crippen molar-refractivity contribution in [1.29, 1.82) is 0 Å². The number of amides is 1. The summed E-state index contributed by atoms with van der Waals surface area (Å²) in [4.78, 5) is 12.1. The maximum absolute atomic E-state index is 12.1. The molecule has 2 N–H and O–H groups in total. The van der Waals surface area contributed by atoms with E-state index in [-0.39, 0.29) is 11.9 Å². The molecule has 2 heterocycles. The topological polar surface area (TPSA) is 68.8 Å². The van der Waals surface area contributed by atoms with Crippen LogP contribution in [0.15, 0.2) is 18.2 Å². The van der Waals surface area contributed by atoms with Crippen LogP contribution >= 0.6 is 0 Å². The third-order valence-corrected chi connectivity index (χ3v) is 3.27. The second kappa shape index (κ2) is 6.11. The summed E-state index contributed by atoms with van der Waals surface area (Å²) in [5.41, 5.74) is 0.656. The lowest BCUT2D eigenvalue weighted by Gasteiger charge is -2.24. The Morgan fingerprint density at radius 2 is 2.20 bits per heavy atom. The Kier molecular flexibility index (Phi) is 4.03. The Labute approximate surface area is 117 Å². The number of benzene rings is 1. The summed E-state index contributed by atoms with van der Waals surface area (Å²) in [5, 5.41) is 6.13. The molecule has 6 nitrogen and oxygen atoms in total. The summed E-state index contributed by atoms with van der Waals surface area (Å²) in [6.07, 6.45) is 0.379. The third kappa shape index (κ3) is 3.02. The van der Waals surface area contributed by atoms with Crippen molar-refractivity contribution in [3.8, 4) is 11.5 Å². The van der Waals surface area contributed by atoms with Crippen molar-refractivity contribution < 1.29 is 19.0 Å². The standard InChI is InChI=1S/C14H18N2O4/c17-13(8-10-9-18-5-4-15-10)16-11-2-1-3-12-14(11)20-7-6-19-12/h1-3,10,15H,4-9H2,(H,16,17). The summed E-state index contributed by atoms with van der Waals surface area (Å²) in [7, 11) is 0. The highest BCUT2D eigenvalue weighted by Crippen LogP contribution is 2.37. The molecule has 0 bridgehead atoms. The van der Waals surface area contributed by atoms with Gasteiger partial charge in [-0.15, -0.1) is 0 Å². The Balaban J connectivity index is 1.63. The first-order chi connectivity index (χ1) is 9.83. The van der Waals surface area contributed by atoms with Crippen molar-refractivity contribution in [1.82, 2.24) is 5.32 Å². The van der Waals surface area contributed by atoms with Gasteiger partial charge >= 0.3 is 0 Å². The van der Waals surface area contributed by atoms with E-state index in [2.05, 4.69) is 10.6 Å². The molecule has 6 heteroatoms. The van der Waals surface area contributed by atoms with Crippen molar-refractivity contribution in [3.63, 3.8) is 0 Å². The molecule has 0 spiro atoms. The number of para-hydroxylation sites is 1. The number of fused-ring (bicyclic) bond motifs is 1. The maximum atomic E-state index is 12.1. The van der Waals surface area contributed by atoms with E-state index in [1.54, 1.807) is 0 Å². The van der Waals surface area contributed by atoms with Gasteiger partial charge in [0.1, 0.15) is 13.2 Å². The number of hydrogen-bond donors (Lipinski definition) is 2. The second-order valence-electron chi connectivity index (χ2n) is 4.81. The van der Waals surface area contributed by atoms with E-state index in [4.69, 9.17) is 14.2 Å². The van der Waals surface area contributed by atoms with Gasteiger partial charge in [0.25, 0.3) is 0 Å². The van der Waals surface area contributed by atoms with Gasteiger partial charge in [-0.2, -0.15) is 0 Å². The van der Waals surface area contributed by atoms with Gasteiger partial charge in [-0.1, -0.05) is 6.07 Å². The van der Waals surface area contributed by atoms with Crippen LogP contribution < -0.4 is 20.1 Å². The summed E-state index contributed by atoms with van der Waals surface area (Å²) < 4.78 is 16.4. The first kappa shape index (κ1) is 13.2. The van der Waals surface area contributed by atoms with Crippen LogP contribution in [0.4, 0.5) is 5.69 Å². The zero-order valence-electron chi connectivity index (χ0n) is 11.2. The molecule has 0 aromatic heterocycles. The van der Waals surface area contributed by atoms with Crippen LogP contribution in [0.25, 0.3) is 0 Å². The molecule has 1 aromatic rings. The summed E-state index contributed by atoms with van der Waals surface area (Å²) in [6, 6.07) is 5.56. The highest BCUT2D eigenvalue weighted by Gasteiger charge is 2.20. The molecule has 0 radical (unpaired) electrons. The Bertz CT molecular complexity index is 486. The van der Waals surface area contributed by atoms with E-state index in [1.807, 2.05) is 18.2 Å². The first-order valence-corrected chi connectivity index (χ1v) is 6.82. The molecular formula is C14H18N2O4. The lowest BCUT2D eigenvalue weighted by atomic mass is 10.2. The minimum absolute atomic E-state index is 0.0597. The smallest absolute Gasteiger partial charge is 0.226 e. The largest absolute Gasteiger partial charge is 0.486 e. The molecule has 20 heavy (non-hydrogen) atoms. The van der Waals surface area contributed by atoms with Crippen LogP contribution in [0.5, 0.6) is 11.5 Å². The van der Waals surface area contributed by atoms with Crippen molar-refractivity contribution in [3.05, 3.63) is 18.2 Å². The van der Waals surface area contributed by atoms with Crippen LogP contribution in [0.3, 0.4) is 0 Å². The van der Waals surface area contributed by atoms with Gasteiger partial charge in [0.05, 0.1) is 18.9 Å². The molecule has 1 amide bonds. The van der Waals surface area contributed by atoms with Crippen molar-refractivity contribution in [2.45, 2.75) is 12.5 Å². The number of carbonyl (C=O) groups is 1. The highest BCUT2D eigenvalue weighted by atomic mass is 16.6. The molecule has 0 saturated carbocycles. The number of hydrogen-bond acceptors (Lipinski definition) is 5. The number of ether oxygens (including phenoxy) is 3. The molecule has 0 aliphatic carbocycles. The van der Waals surface area contributed by atoms with Crippen LogP contribution in [0.2, 0.25) is 0 Å². The minimum atomic E-state index is -0.0597. The number of morpholine rings is 1. The van der Waals surface area contributed by atoms with E-state index in [0.717, 1.165) is 6.54 Å². The van der Waals surface area contributed by atoms with E-state index < -0.39 is 0 Å². The number of rotatable bonds is 3. The van der Waals surface area contributed by atoms with Crippen LogP contribution in [0.1, 0.15) is 6.42 Å². The molecule has 1 aromatic carbocycles. The first-order valence-electron chi connectivity index (χ1n) is 6.82. The fraction of sp³-hybridized carbons (Fsp3) is 0.500. The Morgan fingerprint density at radius 3 is 3.05 bits per heavy atom. The van der Waals surface area contributed by atoms with Gasteiger partial charge in [-0.05, 0) is 12.1 Å². The zero-order valence-corrected chi connectivity index (χ0v) is 11.2. The Morgan fingerprint density at radius 1 is 1.30 bits per heavy atom. The van der Waals surface area contributed by atoms with E-state index >= 15 is 0 Å². The minimum Gasteiger partial charge on any atom is -0.486 e. The van der Waals surface area contributed by atoms with Crippen molar-refractivity contribution in [2.24, 2.45) is 0 Å². The van der Waals surface area contributed by atoms with Gasteiger partial charge in [0.2, 0.25) is 5.91 Å². The molecule has 1 fully saturated rings. The highest BCUT2D eigenvalue weighted by molar-refractivity contribution is 5.93. The number of carbonyl (C=O) groups excluding carboxylic acids is 1. The SMILES string of the molecule is O=C(CC1COCCN1)Nc1cccc2c1OCCO2. The normalized spacial score (nSPS) is 21.3. The average Bonchev–Trinajstić information content (AvgIpc) is 2.48. The van der Waals surface area contributed by atoms with Crippen molar-refractivity contribution >= 4 is 11.6 Å². The van der Waals surface area contributed by atoms with E-state index in [9.17, 15) is 4.79 Å². The molecular weight excluding hydrogens is 260 g/mol. The summed E-state index contributed by atoms with van der Waals surface area (Å²) >= 11 is 0. The molecule has 2 aliphatic heterocycles. The molecule has 108 valence electrons. The fourth-order valence-electron chi connectivity index (χ4n) is 2.35. The predicted molar refractivity (Wildman–Crippen MR) is 73.3 cm³/mol. The lowest BCUT2D eigenvalue weighted by molar-refractivity contribution is -0.117. The van der Waals surface area contributed by atoms with E-state index in [1.165, 1.54) is 0 Å². The number of nitrogens with one attached hydrogen (secondary N) is 2. The van der Waals surface area contributed by atoms with Gasteiger partial charge in [-0.25, -0.2) is 0 Å². The maximum Gasteiger partial charge on any atom is 0.226 e. The fourth-order valence-corrected chi connectivity index (χ4v) is 2.35. The molecule has 1 saturated heterocycles. The van der Waals surface area contributed by atoms with Gasteiger partial charge < -0.3 is 24.8 Å². The van der Waals surface area contributed by atoms with Gasteiger partial charge in [-0.3, -0.25) is 4.79 Å². The quantitative estimate of drug-likeness (QED) is 0.855. The van der Waals surface area contributed by atoms with Gasteiger partial charge in [0, 0.05) is 19.0 Å². The molecule has 1 atom stereocenters. The lowest BCUT2D eigenvalue weighted by Crippen LogP contribution is -2.43. The third-order valence-electron chi connectivity index (χ3n) is 3.27. The average molecular weight is 278 g/mol. The molecule has 2 aliphatic rings. The predicted octanol–water partition coefficient (Wildman–Crippen LogP) is 0.775.